The zero-order valence-electron chi connectivity index (χ0n) is 10.4. The summed E-state index contributed by atoms with van der Waals surface area (Å²) in [6.45, 7) is 2.12. The van der Waals surface area contributed by atoms with Crippen molar-refractivity contribution in [3.8, 4) is 0 Å². The van der Waals surface area contributed by atoms with E-state index in [-0.39, 0.29) is 11.4 Å². The number of amides is 1. The number of rotatable bonds is 3. The van der Waals surface area contributed by atoms with Gasteiger partial charge in [-0.15, -0.1) is 0 Å². The second-order valence-corrected chi connectivity index (χ2v) is 4.89. The molecule has 0 aliphatic heterocycles. The van der Waals surface area contributed by atoms with Gasteiger partial charge in [-0.1, -0.05) is 12.8 Å². The van der Waals surface area contributed by atoms with Crippen LogP contribution in [-0.4, -0.2) is 23.5 Å². The second-order valence-electron chi connectivity index (χ2n) is 4.89. The Morgan fingerprint density at radius 3 is 2.76 bits per heavy atom. The highest BCUT2D eigenvalue weighted by Crippen LogP contribution is 2.29. The third-order valence-electron chi connectivity index (χ3n) is 3.46. The minimum absolute atomic E-state index is 0.0353. The number of hydrogen-bond acceptors (Lipinski definition) is 3. The molecule has 92 valence electrons. The van der Waals surface area contributed by atoms with Gasteiger partial charge in [-0.25, -0.2) is 0 Å². The van der Waals surface area contributed by atoms with Crippen molar-refractivity contribution in [2.45, 2.75) is 38.1 Å². The number of aromatic nitrogens is 1. The monoisotopic (exact) mass is 233 g/mol. The van der Waals surface area contributed by atoms with Crippen LogP contribution in [0.25, 0.3) is 0 Å². The summed E-state index contributed by atoms with van der Waals surface area (Å²) in [5.74, 6) is -0.0353. The fourth-order valence-electron chi connectivity index (χ4n) is 2.42. The van der Waals surface area contributed by atoms with E-state index in [1.54, 1.807) is 12.4 Å². The van der Waals surface area contributed by atoms with Crippen molar-refractivity contribution >= 4 is 11.6 Å². The Morgan fingerprint density at radius 2 is 2.12 bits per heavy atom. The van der Waals surface area contributed by atoms with Gasteiger partial charge in [0.2, 0.25) is 0 Å². The predicted molar refractivity (Wildman–Crippen MR) is 68.1 cm³/mol. The molecule has 0 aromatic carbocycles. The lowest BCUT2D eigenvalue weighted by Gasteiger charge is -2.25. The fourth-order valence-corrected chi connectivity index (χ4v) is 2.42. The average molecular weight is 233 g/mol. The maximum absolute atomic E-state index is 12.2. The van der Waals surface area contributed by atoms with E-state index in [4.69, 9.17) is 0 Å². The number of hydrogen-bond donors (Lipinski definition) is 2. The third-order valence-corrected chi connectivity index (χ3v) is 3.46. The fraction of sp³-hybridized carbons (Fsp3) is 0.538. The molecule has 1 heterocycles. The van der Waals surface area contributed by atoms with E-state index in [1.165, 1.54) is 12.8 Å². The molecule has 2 N–H and O–H groups in total. The number of nitrogens with one attached hydrogen (secondary N) is 2. The number of carbonyl (C=O) groups is 1. The van der Waals surface area contributed by atoms with Crippen LogP contribution in [0, 0.1) is 0 Å². The van der Waals surface area contributed by atoms with Gasteiger partial charge in [0.15, 0.2) is 0 Å². The lowest BCUT2D eigenvalue weighted by Crippen LogP contribution is -2.43. The molecule has 1 aromatic rings. The summed E-state index contributed by atoms with van der Waals surface area (Å²) in [5.41, 5.74) is 1.39. The molecule has 0 spiro atoms. The van der Waals surface area contributed by atoms with E-state index in [9.17, 15) is 4.79 Å². The minimum atomic E-state index is -0.0437. The molecule has 1 fully saturated rings. The molecule has 0 bridgehead atoms. The lowest BCUT2D eigenvalue weighted by atomic mass is 10.00. The molecule has 0 saturated heterocycles. The first-order valence-corrected chi connectivity index (χ1v) is 6.09. The van der Waals surface area contributed by atoms with E-state index in [1.807, 2.05) is 13.1 Å². The first-order chi connectivity index (χ1) is 8.14. The summed E-state index contributed by atoms with van der Waals surface area (Å²) in [6, 6.07) is 1.81. The van der Waals surface area contributed by atoms with Gasteiger partial charge in [0.25, 0.3) is 5.91 Å². The summed E-state index contributed by atoms with van der Waals surface area (Å²) in [6.07, 6.45) is 7.81. The van der Waals surface area contributed by atoms with Crippen LogP contribution in [0.4, 0.5) is 5.69 Å². The molecule has 1 aromatic heterocycles. The first-order valence-electron chi connectivity index (χ1n) is 6.09. The van der Waals surface area contributed by atoms with Gasteiger partial charge in [0.05, 0.1) is 5.56 Å². The molecule has 1 saturated carbocycles. The van der Waals surface area contributed by atoms with Crippen LogP contribution < -0.4 is 10.6 Å². The third kappa shape index (κ3) is 2.57. The Hall–Kier alpha value is -1.58. The standard InChI is InChI=1S/C13H19N3O/c1-13(6-3-4-7-13)16-12(17)10-9-15-8-5-11(10)14-2/h5,8-9H,3-4,6-7H2,1-2H3,(H,14,15)(H,16,17). The van der Waals surface area contributed by atoms with E-state index in [2.05, 4.69) is 22.5 Å². The quantitative estimate of drug-likeness (QED) is 0.841. The molecular formula is C13H19N3O. The maximum atomic E-state index is 12.2. The molecule has 0 radical (unpaired) electrons. The van der Waals surface area contributed by atoms with Crippen LogP contribution in [0.1, 0.15) is 43.0 Å². The van der Waals surface area contributed by atoms with Crippen LogP contribution in [0.5, 0.6) is 0 Å². The highest BCUT2D eigenvalue weighted by atomic mass is 16.1. The largest absolute Gasteiger partial charge is 0.387 e. The van der Waals surface area contributed by atoms with Crippen molar-refractivity contribution in [2.75, 3.05) is 12.4 Å². The van der Waals surface area contributed by atoms with E-state index >= 15 is 0 Å². The van der Waals surface area contributed by atoms with Gasteiger partial charge in [-0.2, -0.15) is 0 Å². The summed E-state index contributed by atoms with van der Waals surface area (Å²) < 4.78 is 0. The molecule has 1 aliphatic rings. The van der Waals surface area contributed by atoms with Crippen LogP contribution in [0.2, 0.25) is 0 Å². The summed E-state index contributed by atoms with van der Waals surface area (Å²) in [7, 11) is 1.81. The van der Waals surface area contributed by atoms with E-state index in [0.717, 1.165) is 18.5 Å². The minimum Gasteiger partial charge on any atom is -0.387 e. The Kier molecular flexibility index (Phi) is 3.31. The van der Waals surface area contributed by atoms with Crippen LogP contribution in [-0.2, 0) is 0 Å². The van der Waals surface area contributed by atoms with Crippen molar-refractivity contribution in [1.29, 1.82) is 0 Å². The Balaban J connectivity index is 2.14. The maximum Gasteiger partial charge on any atom is 0.255 e. The average Bonchev–Trinajstić information content (AvgIpc) is 2.75. The smallest absolute Gasteiger partial charge is 0.255 e. The van der Waals surface area contributed by atoms with E-state index in [0.29, 0.717) is 5.56 Å². The molecule has 2 rings (SSSR count). The molecule has 17 heavy (non-hydrogen) atoms. The zero-order chi connectivity index (χ0) is 12.3. The molecule has 1 amide bonds. The molecular weight excluding hydrogens is 214 g/mol. The van der Waals surface area contributed by atoms with Gasteiger partial charge in [0.1, 0.15) is 0 Å². The topological polar surface area (TPSA) is 54.0 Å². The van der Waals surface area contributed by atoms with Crippen molar-refractivity contribution in [3.05, 3.63) is 24.0 Å². The van der Waals surface area contributed by atoms with Crippen molar-refractivity contribution in [2.24, 2.45) is 0 Å². The van der Waals surface area contributed by atoms with Crippen LogP contribution >= 0.6 is 0 Å². The predicted octanol–water partition coefficient (Wildman–Crippen LogP) is 2.19. The number of carbonyl (C=O) groups excluding carboxylic acids is 1. The lowest BCUT2D eigenvalue weighted by molar-refractivity contribution is 0.0908. The van der Waals surface area contributed by atoms with Gasteiger partial charge >= 0.3 is 0 Å². The highest BCUT2D eigenvalue weighted by Gasteiger charge is 2.30. The van der Waals surface area contributed by atoms with Crippen LogP contribution in [0.15, 0.2) is 18.5 Å². The summed E-state index contributed by atoms with van der Waals surface area (Å²) in [5, 5.41) is 6.14. The molecule has 0 atom stereocenters. The summed E-state index contributed by atoms with van der Waals surface area (Å²) >= 11 is 0. The molecule has 0 unspecified atom stereocenters. The molecule has 4 nitrogen and oxygen atoms in total. The summed E-state index contributed by atoms with van der Waals surface area (Å²) in [4.78, 5) is 16.2. The van der Waals surface area contributed by atoms with Crippen molar-refractivity contribution < 1.29 is 4.79 Å². The van der Waals surface area contributed by atoms with Gasteiger partial charge in [-0.3, -0.25) is 9.78 Å². The Morgan fingerprint density at radius 1 is 1.41 bits per heavy atom. The second kappa shape index (κ2) is 4.73. The van der Waals surface area contributed by atoms with E-state index < -0.39 is 0 Å². The number of nitrogens with zero attached hydrogens (tertiary/aromatic N) is 1. The van der Waals surface area contributed by atoms with Gasteiger partial charge in [-0.05, 0) is 25.8 Å². The van der Waals surface area contributed by atoms with Crippen molar-refractivity contribution in [3.63, 3.8) is 0 Å². The van der Waals surface area contributed by atoms with Gasteiger partial charge in [0, 0.05) is 30.7 Å². The number of anilines is 1. The normalized spacial score (nSPS) is 17.8. The zero-order valence-corrected chi connectivity index (χ0v) is 10.4. The highest BCUT2D eigenvalue weighted by molar-refractivity contribution is 5.99. The molecule has 4 heteroatoms. The Labute approximate surface area is 102 Å². The SMILES string of the molecule is CNc1ccncc1C(=O)NC1(C)CCCC1. The first kappa shape index (κ1) is 11.9. The Bertz CT molecular complexity index is 411. The van der Waals surface area contributed by atoms with Gasteiger partial charge < -0.3 is 10.6 Å². The number of pyridine rings is 1. The van der Waals surface area contributed by atoms with Crippen molar-refractivity contribution in [1.82, 2.24) is 10.3 Å². The molecule has 1 aliphatic carbocycles. The van der Waals surface area contributed by atoms with Crippen LogP contribution in [0.3, 0.4) is 0 Å².